The highest BCUT2D eigenvalue weighted by molar-refractivity contribution is 5.67. The first-order valence-electron chi connectivity index (χ1n) is 4.36. The summed E-state index contributed by atoms with van der Waals surface area (Å²) in [5.41, 5.74) is -0.501. The van der Waals surface area contributed by atoms with Crippen molar-refractivity contribution in [1.29, 1.82) is 0 Å². The Bertz CT molecular complexity index is 200. The van der Waals surface area contributed by atoms with Crippen molar-refractivity contribution < 1.29 is 9.53 Å². The Morgan fingerprint density at radius 1 is 1.50 bits per heavy atom. The van der Waals surface area contributed by atoms with E-state index in [4.69, 9.17) is 4.74 Å². The zero-order valence-corrected chi connectivity index (χ0v) is 9.03. The molecule has 0 heterocycles. The number of carbonyl (C=O) groups excluding carboxylic acids is 1. The van der Waals surface area contributed by atoms with Crippen molar-refractivity contribution >= 4 is 6.09 Å². The summed E-state index contributed by atoms with van der Waals surface area (Å²) >= 11 is 0. The molecule has 1 amide bonds. The van der Waals surface area contributed by atoms with Crippen LogP contribution in [-0.2, 0) is 4.74 Å². The first kappa shape index (κ1) is 12.7. The zero-order chi connectivity index (χ0) is 11.2. The summed E-state index contributed by atoms with van der Waals surface area (Å²) in [4.78, 5) is 21.0. The number of carbonyl (C=O) groups is 1. The van der Waals surface area contributed by atoms with E-state index < -0.39 is 11.7 Å². The number of alkyl carbamates (subject to hydrolysis) is 1. The molecule has 0 radical (unpaired) electrons. The molecule has 0 atom stereocenters. The SMILES string of the molecule is CN(CCNC(=O)OC(C)(C)C)N=O. The van der Waals surface area contributed by atoms with Crippen molar-refractivity contribution in [2.45, 2.75) is 26.4 Å². The maximum Gasteiger partial charge on any atom is 0.407 e. The molecule has 1 N–H and O–H groups in total. The molecule has 0 aromatic rings. The molecular weight excluding hydrogens is 186 g/mol. The predicted molar refractivity (Wildman–Crippen MR) is 52.7 cm³/mol. The van der Waals surface area contributed by atoms with Crippen LogP contribution in [0, 0.1) is 4.91 Å². The smallest absolute Gasteiger partial charge is 0.407 e. The minimum atomic E-state index is -0.501. The summed E-state index contributed by atoms with van der Waals surface area (Å²) in [5.74, 6) is 0. The Hall–Kier alpha value is -1.33. The molecule has 0 aromatic heterocycles. The van der Waals surface area contributed by atoms with Crippen molar-refractivity contribution in [2.75, 3.05) is 20.1 Å². The van der Waals surface area contributed by atoms with Crippen molar-refractivity contribution in [3.8, 4) is 0 Å². The third kappa shape index (κ3) is 7.33. The first-order chi connectivity index (χ1) is 6.35. The van der Waals surface area contributed by atoms with Crippen molar-refractivity contribution in [3.63, 3.8) is 0 Å². The fraction of sp³-hybridized carbons (Fsp3) is 0.875. The van der Waals surface area contributed by atoms with Gasteiger partial charge in [0.1, 0.15) is 5.60 Å². The minimum Gasteiger partial charge on any atom is -0.444 e. The fourth-order valence-corrected chi connectivity index (χ4v) is 0.675. The third-order valence-corrected chi connectivity index (χ3v) is 1.24. The van der Waals surface area contributed by atoms with Gasteiger partial charge in [0.15, 0.2) is 0 Å². The average Bonchev–Trinajstić information content (AvgIpc) is 2.00. The van der Waals surface area contributed by atoms with E-state index >= 15 is 0 Å². The molecule has 0 rings (SSSR count). The van der Waals surface area contributed by atoms with Crippen LogP contribution in [0.2, 0.25) is 0 Å². The summed E-state index contributed by atoms with van der Waals surface area (Å²) in [6.45, 7) is 6.04. The van der Waals surface area contributed by atoms with Crippen LogP contribution in [0.5, 0.6) is 0 Å². The number of nitrogens with zero attached hydrogens (tertiary/aromatic N) is 2. The molecule has 0 aliphatic rings. The molecule has 6 nitrogen and oxygen atoms in total. The van der Waals surface area contributed by atoms with E-state index in [2.05, 4.69) is 10.6 Å². The fourth-order valence-electron chi connectivity index (χ4n) is 0.675. The van der Waals surface area contributed by atoms with E-state index in [0.29, 0.717) is 13.1 Å². The predicted octanol–water partition coefficient (Wildman–Crippen LogP) is 1.12. The van der Waals surface area contributed by atoms with Crippen LogP contribution < -0.4 is 5.32 Å². The zero-order valence-electron chi connectivity index (χ0n) is 9.03. The van der Waals surface area contributed by atoms with Crippen LogP contribution in [-0.4, -0.2) is 36.8 Å². The standard InChI is InChI=1S/C8H17N3O3/c1-8(2,3)14-7(12)9-5-6-11(4)10-13/h5-6H2,1-4H3,(H,9,12). The van der Waals surface area contributed by atoms with E-state index in [0.717, 1.165) is 0 Å². The highest BCUT2D eigenvalue weighted by atomic mass is 16.6. The molecule has 82 valence electrons. The van der Waals surface area contributed by atoms with Gasteiger partial charge in [-0.25, -0.2) is 4.79 Å². The summed E-state index contributed by atoms with van der Waals surface area (Å²) in [7, 11) is 1.53. The summed E-state index contributed by atoms with van der Waals surface area (Å²) in [6.07, 6.45) is -0.489. The minimum absolute atomic E-state index is 0.331. The molecule has 0 fully saturated rings. The van der Waals surface area contributed by atoms with Gasteiger partial charge in [-0.15, -0.1) is 4.91 Å². The van der Waals surface area contributed by atoms with Gasteiger partial charge in [0.25, 0.3) is 0 Å². The van der Waals surface area contributed by atoms with Crippen LogP contribution in [0.3, 0.4) is 0 Å². The van der Waals surface area contributed by atoms with E-state index in [1.165, 1.54) is 12.1 Å². The van der Waals surface area contributed by atoms with Gasteiger partial charge in [-0.05, 0) is 20.8 Å². The van der Waals surface area contributed by atoms with Gasteiger partial charge < -0.3 is 10.1 Å². The van der Waals surface area contributed by atoms with Gasteiger partial charge in [0, 0.05) is 13.6 Å². The largest absolute Gasteiger partial charge is 0.444 e. The Labute approximate surface area is 83.5 Å². The number of hydrogen-bond donors (Lipinski definition) is 1. The average molecular weight is 203 g/mol. The Balaban J connectivity index is 3.60. The molecule has 0 aromatic carbocycles. The Morgan fingerprint density at radius 2 is 2.07 bits per heavy atom. The van der Waals surface area contributed by atoms with Crippen LogP contribution in [0.1, 0.15) is 20.8 Å². The molecule has 0 unspecified atom stereocenters. The molecular formula is C8H17N3O3. The Morgan fingerprint density at radius 3 is 2.50 bits per heavy atom. The lowest BCUT2D eigenvalue weighted by Gasteiger charge is -2.19. The van der Waals surface area contributed by atoms with Crippen molar-refractivity contribution in [1.82, 2.24) is 10.3 Å². The van der Waals surface area contributed by atoms with Crippen LogP contribution in [0.4, 0.5) is 4.79 Å². The number of amides is 1. The highest BCUT2D eigenvalue weighted by Crippen LogP contribution is 2.05. The lowest BCUT2D eigenvalue weighted by Crippen LogP contribution is -2.35. The molecule has 6 heteroatoms. The number of likely N-dealkylation sites (N-methyl/N-ethyl adjacent to an activating group) is 1. The van der Waals surface area contributed by atoms with Gasteiger partial charge in [-0.1, -0.05) is 0 Å². The highest BCUT2D eigenvalue weighted by Gasteiger charge is 2.15. The molecule has 0 bridgehead atoms. The number of ether oxygens (including phenoxy) is 1. The van der Waals surface area contributed by atoms with E-state index in [9.17, 15) is 9.70 Å². The molecule has 0 saturated heterocycles. The van der Waals surface area contributed by atoms with E-state index in [1.807, 2.05) is 0 Å². The molecule has 14 heavy (non-hydrogen) atoms. The summed E-state index contributed by atoms with van der Waals surface area (Å²) in [5, 5.41) is 6.35. The third-order valence-electron chi connectivity index (χ3n) is 1.24. The second kappa shape index (κ2) is 5.41. The summed E-state index contributed by atoms with van der Waals surface area (Å²) < 4.78 is 4.98. The van der Waals surface area contributed by atoms with Gasteiger partial charge in [0.2, 0.25) is 0 Å². The Kier molecular flexibility index (Phi) is 4.90. The first-order valence-corrected chi connectivity index (χ1v) is 4.36. The lowest BCUT2D eigenvalue weighted by molar-refractivity contribution is 0.0524. The van der Waals surface area contributed by atoms with Gasteiger partial charge in [-0.2, -0.15) is 0 Å². The van der Waals surface area contributed by atoms with Crippen molar-refractivity contribution in [2.24, 2.45) is 5.29 Å². The van der Waals surface area contributed by atoms with E-state index in [1.54, 1.807) is 20.8 Å². The topological polar surface area (TPSA) is 71.0 Å². The van der Waals surface area contributed by atoms with Crippen LogP contribution in [0.15, 0.2) is 5.29 Å². The maximum absolute atomic E-state index is 11.1. The van der Waals surface area contributed by atoms with Crippen LogP contribution in [0.25, 0.3) is 0 Å². The number of nitrogens with one attached hydrogen (secondary N) is 1. The number of hydrogen-bond acceptors (Lipinski definition) is 4. The number of rotatable bonds is 4. The lowest BCUT2D eigenvalue weighted by atomic mass is 10.2. The van der Waals surface area contributed by atoms with Crippen LogP contribution >= 0.6 is 0 Å². The van der Waals surface area contributed by atoms with Gasteiger partial charge >= 0.3 is 6.09 Å². The monoisotopic (exact) mass is 203 g/mol. The molecule has 0 aliphatic heterocycles. The second-order valence-electron chi connectivity index (χ2n) is 3.89. The van der Waals surface area contributed by atoms with Crippen molar-refractivity contribution in [3.05, 3.63) is 4.91 Å². The molecule has 0 aliphatic carbocycles. The molecule has 0 saturated carbocycles. The summed E-state index contributed by atoms with van der Waals surface area (Å²) in [6, 6.07) is 0. The molecule has 0 spiro atoms. The van der Waals surface area contributed by atoms with Gasteiger partial charge in [0.05, 0.1) is 11.8 Å². The maximum atomic E-state index is 11.1. The second-order valence-corrected chi connectivity index (χ2v) is 3.89. The number of nitroso groups, excluding NO2 is 1. The normalized spacial score (nSPS) is 10.6. The quantitative estimate of drug-likeness (QED) is 0.549. The van der Waals surface area contributed by atoms with E-state index in [-0.39, 0.29) is 0 Å². The van der Waals surface area contributed by atoms with Gasteiger partial charge in [-0.3, -0.25) is 5.01 Å².